The lowest BCUT2D eigenvalue weighted by Crippen LogP contribution is -2.54. The van der Waals surface area contributed by atoms with Crippen molar-refractivity contribution in [3.63, 3.8) is 0 Å². The molecule has 0 unspecified atom stereocenters. The van der Waals surface area contributed by atoms with Gasteiger partial charge in [0.2, 0.25) is 5.91 Å². The molecule has 8 nitrogen and oxygen atoms in total. The zero-order valence-electron chi connectivity index (χ0n) is 14.5. The summed E-state index contributed by atoms with van der Waals surface area (Å²) in [6.07, 6.45) is -4.69. The number of thioether (sulfide) groups is 1. The second-order valence-corrected chi connectivity index (χ2v) is 6.89. The number of carboxylic acids is 2. The number of halogens is 3. The lowest BCUT2D eigenvalue weighted by atomic mass is 10.1. The lowest BCUT2D eigenvalue weighted by molar-refractivity contribution is -0.192. The van der Waals surface area contributed by atoms with Crippen molar-refractivity contribution < 1.29 is 42.5 Å². The molecule has 1 atom stereocenters. The fourth-order valence-corrected chi connectivity index (χ4v) is 3.66. The van der Waals surface area contributed by atoms with Crippen molar-refractivity contribution in [1.29, 1.82) is 5.26 Å². The van der Waals surface area contributed by atoms with Crippen molar-refractivity contribution in [3.8, 4) is 11.8 Å². The van der Waals surface area contributed by atoms with Crippen LogP contribution in [0.4, 0.5) is 13.2 Å². The number of nitriles is 1. The minimum Gasteiger partial charge on any atom is -0.489 e. The third kappa shape index (κ3) is 5.41. The van der Waals surface area contributed by atoms with E-state index in [0.717, 1.165) is 0 Å². The Bertz CT molecular complexity index is 909. The third-order valence-electron chi connectivity index (χ3n) is 3.75. The molecule has 1 saturated heterocycles. The zero-order valence-corrected chi connectivity index (χ0v) is 15.3. The fourth-order valence-electron chi connectivity index (χ4n) is 2.41. The first-order chi connectivity index (χ1) is 13.5. The van der Waals surface area contributed by atoms with Gasteiger partial charge in [-0.15, -0.1) is 11.8 Å². The number of aliphatic carboxylic acids is 2. The highest BCUT2D eigenvalue weighted by atomic mass is 32.2. The van der Waals surface area contributed by atoms with Crippen molar-refractivity contribution in [2.45, 2.75) is 18.0 Å². The Morgan fingerprint density at radius 2 is 2.00 bits per heavy atom. The number of fused-ring (bicyclic) bond motifs is 1. The molecule has 0 saturated carbocycles. The Hall–Kier alpha value is -3.20. The van der Waals surface area contributed by atoms with Gasteiger partial charge >= 0.3 is 18.1 Å². The molecule has 3 rings (SSSR count). The number of alkyl halides is 3. The van der Waals surface area contributed by atoms with E-state index >= 15 is 0 Å². The monoisotopic (exact) mass is 430 g/mol. The van der Waals surface area contributed by atoms with E-state index in [-0.39, 0.29) is 23.6 Å². The standard InChI is InChI=1S/C15H12N2O4S.C2HF3O2/c16-6-9-2-1-3-11(4-9)21-7-10-8-22-13-5-12(18)17(13)14(10)15(19)20;3-2(4,5)1(6)7/h1-4,13H,5,7-8H2,(H,19,20);(H,6,7)/t13-;/m1./s1. The molecular weight excluding hydrogens is 417 g/mol. The molecule has 1 amide bonds. The van der Waals surface area contributed by atoms with Crippen molar-refractivity contribution >= 4 is 29.6 Å². The van der Waals surface area contributed by atoms with Crippen molar-refractivity contribution in [3.05, 3.63) is 41.1 Å². The molecule has 0 spiro atoms. The number of hydrogen-bond donors (Lipinski definition) is 2. The molecule has 0 aromatic heterocycles. The molecule has 0 radical (unpaired) electrons. The number of β-lactam (4-membered cyclic amide) rings is 1. The SMILES string of the molecule is N#Cc1cccc(OCC2=C(C(=O)O)N3C(=O)C[C@H]3SC2)c1.O=C(O)C(F)(F)F. The molecule has 2 heterocycles. The van der Waals surface area contributed by atoms with Crippen LogP contribution in [0.3, 0.4) is 0 Å². The van der Waals surface area contributed by atoms with Gasteiger partial charge in [0.25, 0.3) is 0 Å². The van der Waals surface area contributed by atoms with Gasteiger partial charge in [-0.05, 0) is 18.2 Å². The summed E-state index contributed by atoms with van der Waals surface area (Å²) < 4.78 is 37.3. The summed E-state index contributed by atoms with van der Waals surface area (Å²) in [4.78, 5) is 33.3. The maximum Gasteiger partial charge on any atom is 0.490 e. The second-order valence-electron chi connectivity index (χ2n) is 5.72. The number of carboxylic acid groups (broad SMARTS) is 2. The van der Waals surface area contributed by atoms with E-state index in [4.69, 9.17) is 19.9 Å². The van der Waals surface area contributed by atoms with Crippen LogP contribution >= 0.6 is 11.8 Å². The minimum atomic E-state index is -5.08. The lowest BCUT2D eigenvalue weighted by Gasteiger charge is -2.43. The van der Waals surface area contributed by atoms with Crippen LogP contribution in [0.5, 0.6) is 5.75 Å². The summed E-state index contributed by atoms with van der Waals surface area (Å²) in [5.74, 6) is -3.01. The molecule has 12 heteroatoms. The first kappa shape index (κ1) is 22.1. The van der Waals surface area contributed by atoms with Crippen molar-refractivity contribution in [1.82, 2.24) is 4.90 Å². The normalized spacial score (nSPS) is 17.9. The highest BCUT2D eigenvalue weighted by Crippen LogP contribution is 2.39. The maximum absolute atomic E-state index is 11.6. The number of amides is 1. The van der Waals surface area contributed by atoms with E-state index in [1.54, 1.807) is 36.0 Å². The van der Waals surface area contributed by atoms with E-state index in [0.29, 0.717) is 29.1 Å². The average Bonchev–Trinajstić information content (AvgIpc) is 2.65. The van der Waals surface area contributed by atoms with Crippen LogP contribution in [-0.2, 0) is 14.4 Å². The largest absolute Gasteiger partial charge is 0.490 e. The average molecular weight is 430 g/mol. The van der Waals surface area contributed by atoms with Gasteiger partial charge in [-0.2, -0.15) is 18.4 Å². The Labute approximate surface area is 166 Å². The summed E-state index contributed by atoms with van der Waals surface area (Å²) in [5, 5.41) is 25.3. The fraction of sp³-hybridized carbons (Fsp3) is 0.294. The number of hydrogen-bond acceptors (Lipinski definition) is 6. The Morgan fingerprint density at radius 1 is 1.34 bits per heavy atom. The first-order valence-corrected chi connectivity index (χ1v) is 8.91. The number of benzene rings is 1. The van der Waals surface area contributed by atoms with Gasteiger partial charge in [0.1, 0.15) is 18.1 Å². The van der Waals surface area contributed by atoms with Crippen LogP contribution in [0.15, 0.2) is 35.5 Å². The van der Waals surface area contributed by atoms with Crippen LogP contribution in [0, 0.1) is 11.3 Å². The minimum absolute atomic E-state index is 0.0384. The summed E-state index contributed by atoms with van der Waals surface area (Å²) in [7, 11) is 0. The maximum atomic E-state index is 11.6. The van der Waals surface area contributed by atoms with E-state index in [1.165, 1.54) is 4.90 Å². The molecule has 0 aliphatic carbocycles. The molecule has 1 fully saturated rings. The van der Waals surface area contributed by atoms with Crippen LogP contribution in [0.1, 0.15) is 12.0 Å². The van der Waals surface area contributed by atoms with Crippen molar-refractivity contribution in [2.75, 3.05) is 12.4 Å². The summed E-state index contributed by atoms with van der Waals surface area (Å²) in [6, 6.07) is 8.67. The van der Waals surface area contributed by atoms with E-state index < -0.39 is 18.1 Å². The highest BCUT2D eigenvalue weighted by Gasteiger charge is 2.45. The van der Waals surface area contributed by atoms with Gasteiger partial charge in [0.15, 0.2) is 0 Å². The van der Waals surface area contributed by atoms with Gasteiger partial charge in [-0.1, -0.05) is 6.07 Å². The van der Waals surface area contributed by atoms with Crippen LogP contribution in [0.25, 0.3) is 0 Å². The molecule has 29 heavy (non-hydrogen) atoms. The number of carbonyl (C=O) groups is 3. The number of ether oxygens (including phenoxy) is 1. The van der Waals surface area contributed by atoms with Crippen LogP contribution in [-0.4, -0.2) is 56.9 Å². The molecule has 1 aromatic carbocycles. The van der Waals surface area contributed by atoms with Crippen LogP contribution in [0.2, 0.25) is 0 Å². The molecule has 2 aliphatic heterocycles. The Kier molecular flexibility index (Phi) is 6.76. The molecule has 2 N–H and O–H groups in total. The summed E-state index contributed by atoms with van der Waals surface area (Å²) in [6.45, 7) is 0.0833. The van der Waals surface area contributed by atoms with Crippen LogP contribution < -0.4 is 4.74 Å². The number of nitrogens with zero attached hydrogens (tertiary/aromatic N) is 2. The Morgan fingerprint density at radius 3 is 2.52 bits per heavy atom. The van der Waals surface area contributed by atoms with E-state index in [2.05, 4.69) is 0 Å². The predicted octanol–water partition coefficient (Wildman–Crippen LogP) is 2.21. The molecule has 154 valence electrons. The summed E-state index contributed by atoms with van der Waals surface area (Å²) >= 11 is 1.54. The Balaban J connectivity index is 0.000000370. The number of rotatable bonds is 4. The van der Waals surface area contributed by atoms with Gasteiger partial charge < -0.3 is 14.9 Å². The topological polar surface area (TPSA) is 128 Å². The third-order valence-corrected chi connectivity index (χ3v) is 5.03. The van der Waals surface area contributed by atoms with Crippen molar-refractivity contribution in [2.24, 2.45) is 0 Å². The molecular formula is C17H13F3N2O6S. The quantitative estimate of drug-likeness (QED) is 0.696. The van der Waals surface area contributed by atoms with Gasteiger partial charge in [-0.25, -0.2) is 9.59 Å². The smallest absolute Gasteiger partial charge is 0.489 e. The highest BCUT2D eigenvalue weighted by molar-refractivity contribution is 8.00. The summed E-state index contributed by atoms with van der Waals surface area (Å²) in [5.41, 5.74) is 1.08. The number of carbonyl (C=O) groups excluding carboxylic acids is 1. The predicted molar refractivity (Wildman–Crippen MR) is 92.7 cm³/mol. The first-order valence-electron chi connectivity index (χ1n) is 7.86. The zero-order chi connectivity index (χ0) is 21.8. The molecule has 1 aromatic rings. The van der Waals surface area contributed by atoms with E-state index in [1.807, 2.05) is 6.07 Å². The molecule has 0 bridgehead atoms. The van der Waals surface area contributed by atoms with E-state index in [9.17, 15) is 27.9 Å². The van der Waals surface area contributed by atoms with Gasteiger partial charge in [0.05, 0.1) is 23.4 Å². The molecule has 2 aliphatic rings. The second kappa shape index (κ2) is 8.87. The van der Waals surface area contributed by atoms with Gasteiger partial charge in [-0.3, -0.25) is 9.69 Å². The van der Waals surface area contributed by atoms with Gasteiger partial charge in [0, 0.05) is 11.3 Å².